The maximum absolute atomic E-state index is 14.8. The first-order chi connectivity index (χ1) is 24.5. The molecule has 5 aliphatic carbocycles. The third-order valence-corrected chi connectivity index (χ3v) is 16.7. The minimum absolute atomic E-state index is 0.0205. The van der Waals surface area contributed by atoms with E-state index in [0.717, 1.165) is 43.2 Å². The van der Waals surface area contributed by atoms with Crippen LogP contribution >= 0.6 is 0 Å². The van der Waals surface area contributed by atoms with E-state index in [0.29, 0.717) is 41.7 Å². The number of rotatable bonds is 8. The van der Waals surface area contributed by atoms with Crippen molar-refractivity contribution in [3.8, 4) is 0 Å². The van der Waals surface area contributed by atoms with Gasteiger partial charge in [-0.15, -0.1) is 0 Å². The van der Waals surface area contributed by atoms with Gasteiger partial charge in [-0.1, -0.05) is 71.0 Å². The lowest BCUT2D eigenvalue weighted by atomic mass is 9.32. The molecule has 0 aliphatic heterocycles. The van der Waals surface area contributed by atoms with Gasteiger partial charge >= 0.3 is 5.97 Å². The smallest absolute Gasteiger partial charge is 0.335 e. The first-order valence-corrected chi connectivity index (χ1v) is 20.1. The highest BCUT2D eigenvalue weighted by atomic mass is 16.4. The molecule has 4 unspecified atom stereocenters. The molecule has 280 valence electrons. The molecule has 0 bridgehead atoms. The number of likely N-dealkylation sites (N-methyl/N-ethyl adjacent to an activating group) is 1. The number of aromatic carboxylic acids is 1. The molecule has 1 amide bonds. The molecule has 4 fully saturated rings. The van der Waals surface area contributed by atoms with Crippen LogP contribution in [0.25, 0.3) is 5.57 Å². The summed E-state index contributed by atoms with van der Waals surface area (Å²) in [6, 6.07) is 11.7. The van der Waals surface area contributed by atoms with Gasteiger partial charge in [-0.25, -0.2) is 4.79 Å². The number of hydrogen-bond acceptors (Lipinski definition) is 4. The van der Waals surface area contributed by atoms with Crippen molar-refractivity contribution in [3.63, 3.8) is 0 Å². The number of allylic oxidation sites excluding steroid dienone is 3. The molecule has 4 saturated carbocycles. The van der Waals surface area contributed by atoms with Crippen LogP contribution in [0.1, 0.15) is 127 Å². The zero-order chi connectivity index (χ0) is 37.4. The fourth-order valence-corrected chi connectivity index (χ4v) is 14.0. The van der Waals surface area contributed by atoms with Crippen molar-refractivity contribution in [2.24, 2.45) is 56.7 Å². The normalized spacial score (nSPS) is 38.2. The Labute approximate surface area is 312 Å². The molecular weight excluding hydrogens is 643 g/mol. The van der Waals surface area contributed by atoms with Crippen LogP contribution in [0.4, 0.5) is 0 Å². The van der Waals surface area contributed by atoms with Gasteiger partial charge in [0.05, 0.1) is 17.0 Å². The Morgan fingerprint density at radius 2 is 1.67 bits per heavy atom. The zero-order valence-electron chi connectivity index (χ0n) is 33.1. The molecule has 0 spiro atoms. The molecule has 1 aromatic carbocycles. The van der Waals surface area contributed by atoms with E-state index in [1.807, 2.05) is 30.6 Å². The van der Waals surface area contributed by atoms with Crippen molar-refractivity contribution in [2.75, 3.05) is 20.6 Å². The van der Waals surface area contributed by atoms with Crippen LogP contribution in [-0.4, -0.2) is 47.5 Å². The summed E-state index contributed by atoms with van der Waals surface area (Å²) in [6.45, 7) is 20.2. The van der Waals surface area contributed by atoms with Crippen molar-refractivity contribution >= 4 is 17.4 Å². The molecule has 7 rings (SSSR count). The fraction of sp³-hybridized carbons (Fsp3) is 0.630. The molecule has 10 atom stereocenters. The summed E-state index contributed by atoms with van der Waals surface area (Å²) in [5.41, 5.74) is 5.42. The second-order valence-electron chi connectivity index (χ2n) is 19.2. The van der Waals surface area contributed by atoms with Crippen LogP contribution in [-0.2, 0) is 4.79 Å². The topological polar surface area (TPSA) is 82.5 Å². The summed E-state index contributed by atoms with van der Waals surface area (Å²) in [7, 11) is 4.17. The maximum Gasteiger partial charge on any atom is 0.335 e. The summed E-state index contributed by atoms with van der Waals surface area (Å²) in [6.07, 6.45) is 16.2. The van der Waals surface area contributed by atoms with Crippen molar-refractivity contribution in [2.45, 2.75) is 105 Å². The average Bonchev–Trinajstić information content (AvgIpc) is 3.50. The zero-order valence-corrected chi connectivity index (χ0v) is 33.1. The molecular formula is C46H63N3O3. The lowest BCUT2D eigenvalue weighted by molar-refractivity contribution is -0.225. The predicted octanol–water partition coefficient (Wildman–Crippen LogP) is 9.85. The number of carboxylic acid groups (broad SMARTS) is 1. The Balaban J connectivity index is 1.18. The van der Waals surface area contributed by atoms with E-state index >= 15 is 0 Å². The Morgan fingerprint density at radius 3 is 2.31 bits per heavy atom. The van der Waals surface area contributed by atoms with Gasteiger partial charge in [-0.05, 0) is 165 Å². The second kappa shape index (κ2) is 13.0. The number of amides is 1. The predicted molar refractivity (Wildman–Crippen MR) is 209 cm³/mol. The molecule has 2 aromatic rings. The number of aromatic nitrogens is 1. The molecule has 0 saturated heterocycles. The number of benzene rings is 1. The van der Waals surface area contributed by atoms with E-state index in [-0.39, 0.29) is 39.0 Å². The number of pyridine rings is 1. The summed E-state index contributed by atoms with van der Waals surface area (Å²) >= 11 is 0. The van der Waals surface area contributed by atoms with Crippen molar-refractivity contribution in [1.29, 1.82) is 0 Å². The fourth-order valence-electron chi connectivity index (χ4n) is 14.0. The van der Waals surface area contributed by atoms with Crippen LogP contribution < -0.4 is 5.32 Å². The SMILES string of the molecule is C=C(C)[C@@H]1CC[C@]2(C(=O)NCC(c3cccnc3)N(C)C)CC[C@]3(C)[C@H](CCC4[C@@]5(C)CC=C(c6ccc(C(=O)O)cc6)C(C)(C)C5CC[C@]43C)C12. The van der Waals surface area contributed by atoms with E-state index in [2.05, 4.69) is 89.6 Å². The largest absolute Gasteiger partial charge is 0.478 e. The van der Waals surface area contributed by atoms with Crippen LogP contribution in [0.3, 0.4) is 0 Å². The lowest BCUT2D eigenvalue weighted by Gasteiger charge is -2.72. The molecule has 2 N–H and O–H groups in total. The van der Waals surface area contributed by atoms with E-state index in [9.17, 15) is 14.7 Å². The molecule has 0 radical (unpaired) electrons. The Morgan fingerprint density at radius 1 is 0.942 bits per heavy atom. The summed E-state index contributed by atoms with van der Waals surface area (Å²) in [5, 5.41) is 13.0. The van der Waals surface area contributed by atoms with E-state index < -0.39 is 5.97 Å². The van der Waals surface area contributed by atoms with E-state index in [1.165, 1.54) is 36.8 Å². The van der Waals surface area contributed by atoms with Gasteiger partial charge in [-0.2, -0.15) is 0 Å². The van der Waals surface area contributed by atoms with Crippen molar-refractivity contribution in [3.05, 3.63) is 83.7 Å². The van der Waals surface area contributed by atoms with Gasteiger partial charge < -0.3 is 15.3 Å². The number of carbonyl (C=O) groups excluding carboxylic acids is 1. The van der Waals surface area contributed by atoms with Gasteiger partial charge in [0.1, 0.15) is 0 Å². The van der Waals surface area contributed by atoms with Crippen LogP contribution in [0.5, 0.6) is 0 Å². The van der Waals surface area contributed by atoms with Gasteiger partial charge in [0.25, 0.3) is 0 Å². The lowest BCUT2D eigenvalue weighted by Crippen LogP contribution is -2.66. The Bertz CT molecular complexity index is 1750. The quantitative estimate of drug-likeness (QED) is 0.267. The molecule has 1 heterocycles. The summed E-state index contributed by atoms with van der Waals surface area (Å²) in [4.78, 5) is 32.9. The minimum atomic E-state index is -0.877. The highest BCUT2D eigenvalue weighted by Gasteiger charge is 2.71. The van der Waals surface area contributed by atoms with Crippen LogP contribution in [0, 0.1) is 56.7 Å². The molecule has 52 heavy (non-hydrogen) atoms. The van der Waals surface area contributed by atoms with Gasteiger partial charge in [-0.3, -0.25) is 9.78 Å². The Hall–Kier alpha value is -3.25. The van der Waals surface area contributed by atoms with Gasteiger partial charge in [0.15, 0.2) is 0 Å². The monoisotopic (exact) mass is 705 g/mol. The first-order valence-electron chi connectivity index (χ1n) is 20.1. The third-order valence-electron chi connectivity index (χ3n) is 16.7. The molecule has 5 aliphatic rings. The maximum atomic E-state index is 14.8. The highest BCUT2D eigenvalue weighted by molar-refractivity contribution is 5.88. The van der Waals surface area contributed by atoms with Crippen LogP contribution in [0.2, 0.25) is 0 Å². The second-order valence-corrected chi connectivity index (χ2v) is 19.2. The number of fused-ring (bicyclic) bond motifs is 7. The van der Waals surface area contributed by atoms with Gasteiger partial charge in [0.2, 0.25) is 5.91 Å². The van der Waals surface area contributed by atoms with Crippen LogP contribution in [0.15, 0.2) is 67.0 Å². The Kier molecular flexibility index (Phi) is 9.24. The number of carbonyl (C=O) groups is 2. The summed E-state index contributed by atoms with van der Waals surface area (Å²) in [5.74, 6) is 1.76. The highest BCUT2D eigenvalue weighted by Crippen LogP contribution is 2.77. The van der Waals surface area contributed by atoms with E-state index in [4.69, 9.17) is 0 Å². The number of carboxylic acids is 1. The number of hydrogen-bond donors (Lipinski definition) is 2. The first kappa shape index (κ1) is 37.1. The van der Waals surface area contributed by atoms with Gasteiger partial charge in [0, 0.05) is 18.9 Å². The standard InChI is InChI=1S/C46H63N3O3/c1-29(2)33-18-23-46(41(52)48-28-36(49(8)9)32-11-10-26-47-27-32)25-24-44(6)35(39(33)46)16-17-38-43(5)21-19-34(30-12-14-31(15-13-30)40(50)51)42(3,4)37(43)20-22-45(38,44)7/h10-15,19,26-27,33,35-39H,1,16-18,20-25,28H2,2-9H3,(H,48,52)(H,50,51)/t33-,35+,36?,37?,38?,39?,43-,44+,45+,46-/m0/s1. The third kappa shape index (κ3) is 5.39. The number of nitrogens with one attached hydrogen (secondary N) is 1. The molecule has 1 aromatic heterocycles. The average molecular weight is 706 g/mol. The van der Waals surface area contributed by atoms with Crippen molar-refractivity contribution < 1.29 is 14.7 Å². The van der Waals surface area contributed by atoms with E-state index in [1.54, 1.807) is 12.1 Å². The molecule has 6 heteroatoms. The molecule has 6 nitrogen and oxygen atoms in total. The minimum Gasteiger partial charge on any atom is -0.478 e. The number of nitrogens with zero attached hydrogens (tertiary/aromatic N) is 2. The summed E-state index contributed by atoms with van der Waals surface area (Å²) < 4.78 is 0. The van der Waals surface area contributed by atoms with Crippen molar-refractivity contribution in [1.82, 2.24) is 15.2 Å².